The van der Waals surface area contributed by atoms with E-state index in [1.165, 1.54) is 0 Å². The number of carbonyl (C=O) groups is 1. The molecular weight excluding hydrogens is 308 g/mol. The molecule has 4 rings (SSSR count). The summed E-state index contributed by atoms with van der Waals surface area (Å²) in [6.45, 7) is 0.726. The smallest absolute Gasteiger partial charge is 0.254 e. The van der Waals surface area contributed by atoms with Crippen molar-refractivity contribution >= 4 is 5.91 Å². The molecule has 1 N–H and O–H groups in total. The van der Waals surface area contributed by atoms with Gasteiger partial charge in [-0.1, -0.05) is 0 Å². The number of carbonyl (C=O) groups excluding carboxylic acids is 1. The highest BCUT2D eigenvalue weighted by molar-refractivity contribution is 5.95. The molecule has 0 radical (unpaired) electrons. The zero-order valence-corrected chi connectivity index (χ0v) is 13.1. The number of aliphatic hydroxyl groups excluding tert-OH is 1. The molecule has 6 heteroatoms. The van der Waals surface area contributed by atoms with Crippen molar-refractivity contribution in [3.63, 3.8) is 0 Å². The van der Waals surface area contributed by atoms with Gasteiger partial charge in [0.2, 0.25) is 6.79 Å². The van der Waals surface area contributed by atoms with E-state index in [1.54, 1.807) is 35.5 Å². The largest absolute Gasteiger partial charge is 0.454 e. The van der Waals surface area contributed by atoms with E-state index >= 15 is 0 Å². The molecule has 1 fully saturated rings. The van der Waals surface area contributed by atoms with Crippen LogP contribution in [0.3, 0.4) is 0 Å². The topological polar surface area (TPSA) is 71.9 Å². The Bertz CT molecular complexity index is 750. The van der Waals surface area contributed by atoms with Crippen molar-refractivity contribution in [1.82, 2.24) is 9.88 Å². The number of nitrogens with zero attached hydrogens (tertiary/aromatic N) is 2. The molecule has 2 aliphatic heterocycles. The minimum Gasteiger partial charge on any atom is -0.454 e. The lowest BCUT2D eigenvalue weighted by molar-refractivity contribution is 0.0639. The summed E-state index contributed by atoms with van der Waals surface area (Å²) in [5.41, 5.74) is 1.60. The van der Waals surface area contributed by atoms with Gasteiger partial charge in [0.05, 0.1) is 12.1 Å². The van der Waals surface area contributed by atoms with Crippen molar-refractivity contribution in [1.29, 1.82) is 0 Å². The Labute approximate surface area is 139 Å². The SMILES string of the molecule is O=C(c1ccc2c(c1)OCO2)N1CC[C@H](O)[C@@H]1Cc1ccncc1. The molecule has 0 saturated carbocycles. The van der Waals surface area contributed by atoms with E-state index in [9.17, 15) is 9.90 Å². The highest BCUT2D eigenvalue weighted by Crippen LogP contribution is 2.33. The second kappa shape index (κ2) is 6.13. The molecular formula is C18H18N2O4. The molecule has 2 aliphatic rings. The van der Waals surface area contributed by atoms with Crippen LogP contribution >= 0.6 is 0 Å². The number of pyridine rings is 1. The molecule has 1 aromatic heterocycles. The third kappa shape index (κ3) is 2.69. The number of aromatic nitrogens is 1. The number of hydrogen-bond acceptors (Lipinski definition) is 5. The van der Waals surface area contributed by atoms with Crippen LogP contribution in [0.5, 0.6) is 11.5 Å². The van der Waals surface area contributed by atoms with Gasteiger partial charge in [0, 0.05) is 24.5 Å². The van der Waals surface area contributed by atoms with E-state index in [2.05, 4.69) is 4.98 Å². The van der Waals surface area contributed by atoms with E-state index in [0.717, 1.165) is 5.56 Å². The van der Waals surface area contributed by atoms with Gasteiger partial charge in [-0.2, -0.15) is 0 Å². The summed E-state index contributed by atoms with van der Waals surface area (Å²) < 4.78 is 10.6. The van der Waals surface area contributed by atoms with Crippen molar-refractivity contribution < 1.29 is 19.4 Å². The monoisotopic (exact) mass is 326 g/mol. The maximum Gasteiger partial charge on any atom is 0.254 e. The average Bonchev–Trinajstić information content (AvgIpc) is 3.22. The Morgan fingerprint density at radius 1 is 1.21 bits per heavy atom. The Kier molecular flexibility index (Phi) is 3.82. The molecule has 1 amide bonds. The number of amides is 1. The summed E-state index contributed by atoms with van der Waals surface area (Å²) in [7, 11) is 0. The summed E-state index contributed by atoms with van der Waals surface area (Å²) in [6, 6.07) is 8.79. The second-order valence-electron chi connectivity index (χ2n) is 6.05. The van der Waals surface area contributed by atoms with Crippen molar-refractivity contribution in [2.24, 2.45) is 0 Å². The van der Waals surface area contributed by atoms with Crippen LogP contribution in [0.1, 0.15) is 22.3 Å². The number of aliphatic hydroxyl groups is 1. The fraction of sp³-hybridized carbons (Fsp3) is 0.333. The van der Waals surface area contributed by atoms with Crippen molar-refractivity contribution in [2.45, 2.75) is 25.0 Å². The van der Waals surface area contributed by atoms with Gasteiger partial charge < -0.3 is 19.5 Å². The quantitative estimate of drug-likeness (QED) is 0.928. The van der Waals surface area contributed by atoms with Crippen molar-refractivity contribution in [2.75, 3.05) is 13.3 Å². The van der Waals surface area contributed by atoms with E-state index in [-0.39, 0.29) is 18.7 Å². The summed E-state index contributed by atoms with van der Waals surface area (Å²) in [4.78, 5) is 18.7. The van der Waals surface area contributed by atoms with Crippen LogP contribution in [0, 0.1) is 0 Å². The standard InChI is InChI=1S/C18H18N2O4/c21-15-5-8-20(14(15)9-12-3-6-19-7-4-12)18(22)13-1-2-16-17(10-13)24-11-23-16/h1-4,6-7,10,14-15,21H,5,8-9,11H2/t14-,15-/m0/s1. The van der Waals surface area contributed by atoms with Gasteiger partial charge >= 0.3 is 0 Å². The van der Waals surface area contributed by atoms with Gasteiger partial charge in [-0.05, 0) is 48.7 Å². The molecule has 3 heterocycles. The number of rotatable bonds is 3. The van der Waals surface area contributed by atoms with E-state index < -0.39 is 6.10 Å². The van der Waals surface area contributed by atoms with Gasteiger partial charge in [-0.15, -0.1) is 0 Å². The van der Waals surface area contributed by atoms with Crippen LogP contribution < -0.4 is 9.47 Å². The molecule has 0 unspecified atom stereocenters. The maximum absolute atomic E-state index is 12.9. The van der Waals surface area contributed by atoms with Crippen LogP contribution in [-0.2, 0) is 6.42 Å². The molecule has 1 saturated heterocycles. The third-order valence-corrected chi connectivity index (χ3v) is 4.58. The third-order valence-electron chi connectivity index (χ3n) is 4.58. The number of fused-ring (bicyclic) bond motifs is 1. The van der Waals surface area contributed by atoms with Crippen molar-refractivity contribution in [3.8, 4) is 11.5 Å². The number of likely N-dealkylation sites (tertiary alicyclic amines) is 1. The first-order valence-electron chi connectivity index (χ1n) is 8.00. The minimum absolute atomic E-state index is 0.0936. The second-order valence-corrected chi connectivity index (χ2v) is 6.05. The average molecular weight is 326 g/mol. The van der Waals surface area contributed by atoms with Gasteiger partial charge in [-0.25, -0.2) is 0 Å². The van der Waals surface area contributed by atoms with Crippen LogP contribution in [0.2, 0.25) is 0 Å². The van der Waals surface area contributed by atoms with Gasteiger partial charge in [0.15, 0.2) is 11.5 Å². The lowest BCUT2D eigenvalue weighted by Gasteiger charge is -2.26. The lowest BCUT2D eigenvalue weighted by Crippen LogP contribution is -2.41. The highest BCUT2D eigenvalue weighted by Gasteiger charge is 2.36. The van der Waals surface area contributed by atoms with Crippen LogP contribution in [0.25, 0.3) is 0 Å². The van der Waals surface area contributed by atoms with Crippen LogP contribution in [0.4, 0.5) is 0 Å². The normalized spacial score (nSPS) is 22.0. The number of benzene rings is 1. The number of hydrogen-bond donors (Lipinski definition) is 1. The molecule has 2 atom stereocenters. The first-order valence-corrected chi connectivity index (χ1v) is 8.00. The van der Waals surface area contributed by atoms with Crippen molar-refractivity contribution in [3.05, 3.63) is 53.9 Å². The minimum atomic E-state index is -0.517. The van der Waals surface area contributed by atoms with E-state index in [0.29, 0.717) is 36.4 Å². The maximum atomic E-state index is 12.9. The lowest BCUT2D eigenvalue weighted by atomic mass is 10.0. The van der Waals surface area contributed by atoms with Gasteiger partial charge in [0.25, 0.3) is 5.91 Å². The Morgan fingerprint density at radius 2 is 2.00 bits per heavy atom. The molecule has 0 bridgehead atoms. The summed E-state index contributed by atoms with van der Waals surface area (Å²) in [6.07, 6.45) is 4.13. The van der Waals surface area contributed by atoms with Gasteiger partial charge in [0.1, 0.15) is 0 Å². The number of ether oxygens (including phenoxy) is 2. The molecule has 6 nitrogen and oxygen atoms in total. The highest BCUT2D eigenvalue weighted by atomic mass is 16.7. The molecule has 0 spiro atoms. The Hall–Kier alpha value is -2.60. The predicted molar refractivity (Wildman–Crippen MR) is 86.0 cm³/mol. The Morgan fingerprint density at radius 3 is 2.83 bits per heavy atom. The molecule has 1 aromatic carbocycles. The Balaban J connectivity index is 1.56. The summed E-state index contributed by atoms with van der Waals surface area (Å²) >= 11 is 0. The first-order chi connectivity index (χ1) is 11.7. The molecule has 2 aromatic rings. The fourth-order valence-electron chi connectivity index (χ4n) is 3.29. The summed E-state index contributed by atoms with van der Waals surface area (Å²) in [5, 5.41) is 10.3. The zero-order chi connectivity index (χ0) is 16.5. The van der Waals surface area contributed by atoms with E-state index in [4.69, 9.17) is 9.47 Å². The molecule has 0 aliphatic carbocycles. The molecule has 124 valence electrons. The molecule has 24 heavy (non-hydrogen) atoms. The summed E-state index contributed by atoms with van der Waals surface area (Å²) in [5.74, 6) is 1.15. The predicted octanol–water partition coefficient (Wildman–Crippen LogP) is 1.63. The van der Waals surface area contributed by atoms with Gasteiger partial charge in [-0.3, -0.25) is 9.78 Å². The van der Waals surface area contributed by atoms with Crippen LogP contribution in [0.15, 0.2) is 42.7 Å². The zero-order valence-electron chi connectivity index (χ0n) is 13.1. The first kappa shape index (κ1) is 15.0. The van der Waals surface area contributed by atoms with E-state index in [1.807, 2.05) is 12.1 Å². The van der Waals surface area contributed by atoms with Crippen LogP contribution in [-0.4, -0.2) is 46.4 Å². The fourth-order valence-corrected chi connectivity index (χ4v) is 3.29.